The molecular formula is C26H23N5O2. The molecule has 33 heavy (non-hydrogen) atoms. The van der Waals surface area contributed by atoms with E-state index in [1.807, 2.05) is 78.9 Å². The van der Waals surface area contributed by atoms with Crippen molar-refractivity contribution in [2.75, 3.05) is 18.0 Å². The Morgan fingerprint density at radius 3 is 2.52 bits per heavy atom. The predicted molar refractivity (Wildman–Crippen MR) is 129 cm³/mol. The van der Waals surface area contributed by atoms with E-state index in [1.165, 1.54) is 0 Å². The Morgan fingerprint density at radius 2 is 1.73 bits per heavy atom. The summed E-state index contributed by atoms with van der Waals surface area (Å²) in [6.07, 6.45) is -1.10. The fourth-order valence-corrected chi connectivity index (χ4v) is 4.11. The second-order valence-electron chi connectivity index (χ2n) is 7.79. The summed E-state index contributed by atoms with van der Waals surface area (Å²) in [5.74, 6) is -0.734. The van der Waals surface area contributed by atoms with Gasteiger partial charge in [0, 0.05) is 35.1 Å². The number of amides is 2. The van der Waals surface area contributed by atoms with Crippen molar-refractivity contribution in [3.8, 4) is 0 Å². The molecule has 0 bridgehead atoms. The number of aromatic nitrogens is 1. The van der Waals surface area contributed by atoms with Gasteiger partial charge in [0.2, 0.25) is 6.17 Å². The van der Waals surface area contributed by atoms with E-state index in [9.17, 15) is 9.59 Å². The third-order valence-corrected chi connectivity index (χ3v) is 5.65. The smallest absolute Gasteiger partial charge is 0.272 e. The Labute approximate surface area is 190 Å². The number of nitrogens with two attached hydrogens (primary N) is 1. The van der Waals surface area contributed by atoms with Crippen LogP contribution in [0.15, 0.2) is 89.9 Å². The predicted octanol–water partition coefficient (Wildman–Crippen LogP) is 3.07. The van der Waals surface area contributed by atoms with Gasteiger partial charge in [-0.05, 0) is 18.2 Å². The van der Waals surface area contributed by atoms with Gasteiger partial charge in [-0.1, -0.05) is 66.7 Å². The first-order chi connectivity index (χ1) is 16.2. The van der Waals surface area contributed by atoms with Crippen molar-refractivity contribution >= 4 is 34.1 Å². The molecule has 0 spiro atoms. The number of carbonyl (C=O) groups excluding carboxylic acids is 2. The van der Waals surface area contributed by atoms with Crippen molar-refractivity contribution in [1.29, 1.82) is 0 Å². The summed E-state index contributed by atoms with van der Waals surface area (Å²) < 4.78 is 0. The Morgan fingerprint density at radius 1 is 1.00 bits per heavy atom. The van der Waals surface area contributed by atoms with E-state index in [0.29, 0.717) is 18.0 Å². The van der Waals surface area contributed by atoms with Crippen LogP contribution in [0.5, 0.6) is 0 Å². The minimum absolute atomic E-state index is 0.281. The number of hydrogen-bond donors (Lipinski definition) is 3. The maximum atomic E-state index is 13.6. The zero-order valence-corrected chi connectivity index (χ0v) is 17.9. The van der Waals surface area contributed by atoms with Gasteiger partial charge >= 0.3 is 0 Å². The molecule has 1 aliphatic heterocycles. The number of fused-ring (bicyclic) bond motifs is 2. The van der Waals surface area contributed by atoms with Gasteiger partial charge in [0.25, 0.3) is 11.8 Å². The summed E-state index contributed by atoms with van der Waals surface area (Å²) in [5, 5.41) is 3.74. The van der Waals surface area contributed by atoms with Crippen molar-refractivity contribution in [3.63, 3.8) is 0 Å². The van der Waals surface area contributed by atoms with Crippen LogP contribution in [0.1, 0.15) is 21.6 Å². The van der Waals surface area contributed by atoms with Crippen molar-refractivity contribution in [3.05, 3.63) is 102 Å². The molecule has 0 unspecified atom stereocenters. The zero-order valence-electron chi connectivity index (χ0n) is 17.9. The summed E-state index contributed by atoms with van der Waals surface area (Å²) in [5.41, 5.74) is 10.1. The summed E-state index contributed by atoms with van der Waals surface area (Å²) in [4.78, 5) is 36.1. The number of rotatable bonds is 5. The number of H-pyrrole nitrogens is 1. The highest BCUT2D eigenvalue weighted by Crippen LogP contribution is 2.28. The third-order valence-electron chi connectivity index (χ3n) is 5.65. The number of nitrogens with zero attached hydrogens (tertiary/aromatic N) is 2. The molecule has 2 heterocycles. The van der Waals surface area contributed by atoms with E-state index in [2.05, 4.69) is 10.3 Å². The van der Waals surface area contributed by atoms with Gasteiger partial charge in [0.15, 0.2) is 0 Å². The number of benzene rings is 3. The van der Waals surface area contributed by atoms with Gasteiger partial charge < -0.3 is 20.9 Å². The molecule has 7 nitrogen and oxygen atoms in total. The molecule has 1 aliphatic rings. The molecule has 1 aromatic heterocycles. The third kappa shape index (κ3) is 3.90. The number of carbonyl (C=O) groups is 2. The Bertz CT molecular complexity index is 1330. The first kappa shape index (κ1) is 20.7. The SMILES string of the molecule is NCCN1C(=O)[C@@H](NC(=O)c2cc3ccccc3[nH]2)N=C(c2ccccc2)c2ccccc21. The van der Waals surface area contributed by atoms with E-state index in [4.69, 9.17) is 10.7 Å². The minimum Gasteiger partial charge on any atom is -0.351 e. The quantitative estimate of drug-likeness (QED) is 0.447. The van der Waals surface area contributed by atoms with Crippen molar-refractivity contribution in [2.45, 2.75) is 6.17 Å². The molecule has 164 valence electrons. The van der Waals surface area contributed by atoms with Gasteiger partial charge in [-0.2, -0.15) is 0 Å². The summed E-state index contributed by atoms with van der Waals surface area (Å²) >= 11 is 0. The largest absolute Gasteiger partial charge is 0.351 e. The monoisotopic (exact) mass is 437 g/mol. The molecule has 4 aromatic rings. The molecule has 1 atom stereocenters. The van der Waals surface area contributed by atoms with E-state index >= 15 is 0 Å². The molecule has 0 aliphatic carbocycles. The second-order valence-corrected chi connectivity index (χ2v) is 7.79. The van der Waals surface area contributed by atoms with E-state index < -0.39 is 12.1 Å². The molecule has 3 aromatic carbocycles. The first-order valence-electron chi connectivity index (χ1n) is 10.8. The number of aromatic amines is 1. The first-order valence-corrected chi connectivity index (χ1v) is 10.8. The lowest BCUT2D eigenvalue weighted by Gasteiger charge is -2.24. The van der Waals surface area contributed by atoms with Crippen LogP contribution in [-0.2, 0) is 4.79 Å². The van der Waals surface area contributed by atoms with Crippen molar-refractivity contribution in [1.82, 2.24) is 10.3 Å². The summed E-state index contributed by atoms with van der Waals surface area (Å²) in [6, 6.07) is 26.6. The number of aliphatic imine (C=N–C) groups is 1. The second kappa shape index (κ2) is 8.72. The Balaban J connectivity index is 1.58. The number of benzodiazepines with no additional fused rings is 1. The highest BCUT2D eigenvalue weighted by atomic mass is 16.2. The topological polar surface area (TPSA) is 104 Å². The molecule has 7 heteroatoms. The van der Waals surface area contributed by atoms with Gasteiger partial charge in [0.05, 0.1) is 11.4 Å². The maximum absolute atomic E-state index is 13.6. The van der Waals surface area contributed by atoms with Crippen LogP contribution in [0, 0.1) is 0 Å². The molecule has 2 amide bonds. The van der Waals surface area contributed by atoms with Crippen LogP contribution in [0.2, 0.25) is 0 Å². The fraction of sp³-hybridized carbons (Fsp3) is 0.115. The van der Waals surface area contributed by atoms with E-state index in [0.717, 1.165) is 27.7 Å². The molecular weight excluding hydrogens is 414 g/mol. The number of para-hydroxylation sites is 2. The lowest BCUT2D eigenvalue weighted by atomic mass is 10.0. The van der Waals surface area contributed by atoms with Crippen molar-refractivity contribution in [2.24, 2.45) is 10.7 Å². The molecule has 0 radical (unpaired) electrons. The van der Waals surface area contributed by atoms with Crippen molar-refractivity contribution < 1.29 is 9.59 Å². The molecule has 5 rings (SSSR count). The van der Waals surface area contributed by atoms with Gasteiger partial charge in [-0.15, -0.1) is 0 Å². The van der Waals surface area contributed by atoms with Gasteiger partial charge in [-0.25, -0.2) is 4.99 Å². The molecule has 0 fully saturated rings. The van der Waals surface area contributed by atoms with Crippen LogP contribution in [0.4, 0.5) is 5.69 Å². The average Bonchev–Trinajstić information content (AvgIpc) is 3.26. The van der Waals surface area contributed by atoms with Crippen LogP contribution in [0.25, 0.3) is 10.9 Å². The van der Waals surface area contributed by atoms with E-state index in [1.54, 1.807) is 11.0 Å². The van der Waals surface area contributed by atoms with Crippen LogP contribution in [0.3, 0.4) is 0 Å². The fourth-order valence-electron chi connectivity index (χ4n) is 4.11. The van der Waals surface area contributed by atoms with Crippen LogP contribution >= 0.6 is 0 Å². The normalized spacial score (nSPS) is 15.7. The number of hydrogen-bond acceptors (Lipinski definition) is 4. The molecule has 0 saturated heterocycles. The number of anilines is 1. The maximum Gasteiger partial charge on any atom is 0.272 e. The average molecular weight is 438 g/mol. The highest BCUT2D eigenvalue weighted by Gasteiger charge is 2.33. The summed E-state index contributed by atoms with van der Waals surface area (Å²) in [6.45, 7) is 0.593. The summed E-state index contributed by atoms with van der Waals surface area (Å²) in [7, 11) is 0. The van der Waals surface area contributed by atoms with Gasteiger partial charge in [0.1, 0.15) is 5.69 Å². The van der Waals surface area contributed by atoms with Gasteiger partial charge in [-0.3, -0.25) is 9.59 Å². The zero-order chi connectivity index (χ0) is 22.8. The lowest BCUT2D eigenvalue weighted by molar-refractivity contribution is -0.120. The number of nitrogens with one attached hydrogen (secondary N) is 2. The Hall–Kier alpha value is -4.23. The minimum atomic E-state index is -1.10. The Kier molecular flexibility index (Phi) is 5.46. The highest BCUT2D eigenvalue weighted by molar-refractivity contribution is 6.20. The van der Waals surface area contributed by atoms with E-state index in [-0.39, 0.29) is 12.5 Å². The van der Waals surface area contributed by atoms with Crippen LogP contribution in [-0.4, -0.2) is 41.8 Å². The standard InChI is InChI=1S/C26H23N5O2/c27-14-15-31-22-13-7-5-11-19(22)23(17-8-2-1-3-9-17)29-24(26(31)33)30-25(32)21-16-18-10-4-6-12-20(18)28-21/h1-13,16,24,28H,14-15,27H2,(H,30,32)/t24-/m1/s1. The van der Waals surface area contributed by atoms with Crippen LogP contribution < -0.4 is 16.0 Å². The lowest BCUT2D eigenvalue weighted by Crippen LogP contribution is -2.48. The molecule has 0 saturated carbocycles. The molecule has 4 N–H and O–H groups in total.